The van der Waals surface area contributed by atoms with Crippen LogP contribution in [0.3, 0.4) is 0 Å². The third kappa shape index (κ3) is 2.45. The molecule has 0 bridgehead atoms. The van der Waals surface area contributed by atoms with Gasteiger partial charge in [-0.1, -0.05) is 18.2 Å². The van der Waals surface area contributed by atoms with Gasteiger partial charge in [-0.25, -0.2) is 4.98 Å². The maximum Gasteiger partial charge on any atom is 0.220 e. The second kappa shape index (κ2) is 4.41. The molecule has 0 N–H and O–H groups in total. The minimum Gasteiger partial charge on any atom is -0.439 e. The molecule has 1 heterocycles. The van der Waals surface area contributed by atoms with Crippen LogP contribution in [0.4, 0.5) is 0 Å². The largest absolute Gasteiger partial charge is 0.439 e. The molecular formula is C11H8INO. The van der Waals surface area contributed by atoms with Gasteiger partial charge in [0.05, 0.1) is 0 Å². The van der Waals surface area contributed by atoms with E-state index < -0.39 is 0 Å². The molecule has 2 nitrogen and oxygen atoms in total. The van der Waals surface area contributed by atoms with E-state index in [0.29, 0.717) is 5.88 Å². The van der Waals surface area contributed by atoms with Crippen LogP contribution in [0.15, 0.2) is 48.7 Å². The summed E-state index contributed by atoms with van der Waals surface area (Å²) in [5.41, 5.74) is 0. The topological polar surface area (TPSA) is 22.1 Å². The molecule has 0 aliphatic carbocycles. The quantitative estimate of drug-likeness (QED) is 0.792. The molecule has 0 atom stereocenters. The first-order chi connectivity index (χ1) is 6.84. The zero-order chi connectivity index (χ0) is 9.80. The van der Waals surface area contributed by atoms with Crippen molar-refractivity contribution in [3.05, 3.63) is 52.2 Å². The van der Waals surface area contributed by atoms with Crippen LogP contribution < -0.4 is 4.74 Å². The molecule has 70 valence electrons. The van der Waals surface area contributed by atoms with Gasteiger partial charge < -0.3 is 4.74 Å². The number of pyridine rings is 1. The number of hydrogen-bond acceptors (Lipinski definition) is 2. The van der Waals surface area contributed by atoms with Crippen molar-refractivity contribution in [2.75, 3.05) is 0 Å². The summed E-state index contributed by atoms with van der Waals surface area (Å²) < 4.78 is 6.66. The van der Waals surface area contributed by atoms with Crippen LogP contribution in [0.25, 0.3) is 0 Å². The van der Waals surface area contributed by atoms with Crippen molar-refractivity contribution in [3.63, 3.8) is 0 Å². The predicted octanol–water partition coefficient (Wildman–Crippen LogP) is 3.48. The van der Waals surface area contributed by atoms with Crippen molar-refractivity contribution < 1.29 is 4.74 Å². The standard InChI is InChI=1S/C11H8INO/c12-9-6-7-13-11(8-9)14-10-4-2-1-3-5-10/h1-8H. The molecule has 0 aliphatic heterocycles. The van der Waals surface area contributed by atoms with Crippen LogP contribution in [0.1, 0.15) is 0 Å². The molecule has 0 aliphatic rings. The van der Waals surface area contributed by atoms with Crippen LogP contribution in [0.2, 0.25) is 0 Å². The average Bonchev–Trinajstić information content (AvgIpc) is 2.19. The highest BCUT2D eigenvalue weighted by Gasteiger charge is 1.97. The molecule has 0 spiro atoms. The van der Waals surface area contributed by atoms with Crippen LogP contribution in [-0.4, -0.2) is 4.98 Å². The van der Waals surface area contributed by atoms with Crippen LogP contribution in [0.5, 0.6) is 11.6 Å². The Hall–Kier alpha value is -1.10. The Bertz CT molecular complexity index is 417. The SMILES string of the molecule is Ic1ccnc(Oc2ccccc2)c1. The molecule has 0 saturated heterocycles. The van der Waals surface area contributed by atoms with Crippen molar-refractivity contribution in [1.82, 2.24) is 4.98 Å². The Morgan fingerprint density at radius 1 is 1.07 bits per heavy atom. The molecule has 2 aromatic rings. The number of benzene rings is 1. The Balaban J connectivity index is 2.19. The lowest BCUT2D eigenvalue weighted by molar-refractivity contribution is 0.462. The summed E-state index contributed by atoms with van der Waals surface area (Å²) in [6.45, 7) is 0. The summed E-state index contributed by atoms with van der Waals surface area (Å²) in [5, 5.41) is 0. The number of para-hydroxylation sites is 1. The maximum absolute atomic E-state index is 5.54. The fourth-order valence-corrected chi connectivity index (χ4v) is 1.48. The molecule has 0 saturated carbocycles. The van der Waals surface area contributed by atoms with Gasteiger partial charge in [-0.05, 0) is 40.8 Å². The second-order valence-electron chi connectivity index (χ2n) is 2.73. The van der Waals surface area contributed by atoms with E-state index in [-0.39, 0.29) is 0 Å². The number of ether oxygens (including phenoxy) is 1. The fourth-order valence-electron chi connectivity index (χ4n) is 1.05. The lowest BCUT2D eigenvalue weighted by atomic mass is 10.3. The van der Waals surface area contributed by atoms with Gasteiger partial charge in [0.1, 0.15) is 5.75 Å². The normalized spacial score (nSPS) is 9.79. The van der Waals surface area contributed by atoms with Crippen molar-refractivity contribution in [2.24, 2.45) is 0 Å². The van der Waals surface area contributed by atoms with Gasteiger partial charge in [-0.2, -0.15) is 0 Å². The van der Waals surface area contributed by atoms with Crippen LogP contribution in [-0.2, 0) is 0 Å². The van der Waals surface area contributed by atoms with Crippen molar-refractivity contribution in [1.29, 1.82) is 0 Å². The molecule has 0 amide bonds. The number of aromatic nitrogens is 1. The lowest BCUT2D eigenvalue weighted by Gasteiger charge is -2.03. The van der Waals surface area contributed by atoms with Gasteiger partial charge in [0.15, 0.2) is 0 Å². The highest BCUT2D eigenvalue weighted by atomic mass is 127. The van der Waals surface area contributed by atoms with E-state index in [9.17, 15) is 0 Å². The fraction of sp³-hybridized carbons (Fsp3) is 0. The van der Waals surface area contributed by atoms with Gasteiger partial charge in [0, 0.05) is 15.8 Å². The molecule has 2 rings (SSSR count). The van der Waals surface area contributed by atoms with Gasteiger partial charge in [-0.3, -0.25) is 0 Å². The van der Waals surface area contributed by atoms with E-state index in [4.69, 9.17) is 4.74 Å². The highest BCUT2D eigenvalue weighted by molar-refractivity contribution is 14.1. The predicted molar refractivity (Wildman–Crippen MR) is 63.5 cm³/mol. The molecule has 3 heteroatoms. The summed E-state index contributed by atoms with van der Waals surface area (Å²) in [7, 11) is 0. The van der Waals surface area contributed by atoms with Crippen molar-refractivity contribution >= 4 is 22.6 Å². The molecular weight excluding hydrogens is 289 g/mol. The molecule has 14 heavy (non-hydrogen) atoms. The number of rotatable bonds is 2. The first-order valence-corrected chi connectivity index (χ1v) is 5.27. The van der Waals surface area contributed by atoms with Crippen LogP contribution in [0, 0.1) is 3.57 Å². The Kier molecular flexibility index (Phi) is 2.98. The van der Waals surface area contributed by atoms with Gasteiger partial charge in [0.25, 0.3) is 0 Å². The molecule has 1 aromatic carbocycles. The zero-order valence-electron chi connectivity index (χ0n) is 7.35. The number of halogens is 1. The zero-order valence-corrected chi connectivity index (χ0v) is 9.51. The highest BCUT2D eigenvalue weighted by Crippen LogP contribution is 2.19. The minimum absolute atomic E-state index is 0.628. The Morgan fingerprint density at radius 2 is 1.86 bits per heavy atom. The Labute approximate surface area is 96.1 Å². The second-order valence-corrected chi connectivity index (χ2v) is 3.97. The van der Waals surface area contributed by atoms with E-state index >= 15 is 0 Å². The summed E-state index contributed by atoms with van der Waals surface area (Å²) in [5.74, 6) is 1.44. The monoisotopic (exact) mass is 297 g/mol. The number of nitrogens with zero attached hydrogens (tertiary/aromatic N) is 1. The van der Waals surface area contributed by atoms with E-state index in [1.165, 1.54) is 0 Å². The molecule has 0 radical (unpaired) electrons. The average molecular weight is 297 g/mol. The lowest BCUT2D eigenvalue weighted by Crippen LogP contribution is -1.87. The van der Waals surface area contributed by atoms with Crippen LogP contribution >= 0.6 is 22.6 Å². The summed E-state index contributed by atoms with van der Waals surface area (Å²) in [6, 6.07) is 13.5. The Morgan fingerprint density at radius 3 is 2.57 bits per heavy atom. The maximum atomic E-state index is 5.54. The summed E-state index contributed by atoms with van der Waals surface area (Å²) in [4.78, 5) is 4.11. The third-order valence-electron chi connectivity index (χ3n) is 1.66. The van der Waals surface area contributed by atoms with Gasteiger partial charge in [-0.15, -0.1) is 0 Å². The van der Waals surface area contributed by atoms with E-state index in [2.05, 4.69) is 27.6 Å². The summed E-state index contributed by atoms with van der Waals surface area (Å²) >= 11 is 2.23. The van der Waals surface area contributed by atoms with E-state index in [1.54, 1.807) is 6.20 Å². The number of hydrogen-bond donors (Lipinski definition) is 0. The van der Waals surface area contributed by atoms with E-state index in [0.717, 1.165) is 9.32 Å². The summed E-state index contributed by atoms with van der Waals surface area (Å²) in [6.07, 6.45) is 1.74. The van der Waals surface area contributed by atoms with Crippen molar-refractivity contribution in [3.8, 4) is 11.6 Å². The molecule has 0 unspecified atom stereocenters. The molecule has 0 fully saturated rings. The van der Waals surface area contributed by atoms with E-state index in [1.807, 2.05) is 42.5 Å². The van der Waals surface area contributed by atoms with Gasteiger partial charge in [0.2, 0.25) is 5.88 Å². The molecule has 1 aromatic heterocycles. The van der Waals surface area contributed by atoms with Gasteiger partial charge >= 0.3 is 0 Å². The smallest absolute Gasteiger partial charge is 0.220 e. The third-order valence-corrected chi connectivity index (χ3v) is 2.33. The first-order valence-electron chi connectivity index (χ1n) is 4.19. The van der Waals surface area contributed by atoms with Crippen molar-refractivity contribution in [2.45, 2.75) is 0 Å². The minimum atomic E-state index is 0.628. The first kappa shape index (κ1) is 9.45.